The van der Waals surface area contributed by atoms with Crippen molar-refractivity contribution in [3.8, 4) is 5.75 Å². The highest BCUT2D eigenvalue weighted by Crippen LogP contribution is 2.32. The maximum absolute atomic E-state index is 13.3. The van der Waals surface area contributed by atoms with Crippen molar-refractivity contribution in [3.63, 3.8) is 0 Å². The minimum Gasteiger partial charge on any atom is -0.496 e. The van der Waals surface area contributed by atoms with Gasteiger partial charge in [0, 0.05) is 5.54 Å². The first-order chi connectivity index (χ1) is 8.13. The van der Waals surface area contributed by atoms with E-state index in [1.165, 1.54) is 25.3 Å². The fourth-order valence-electron chi connectivity index (χ4n) is 2.70. The summed E-state index contributed by atoms with van der Waals surface area (Å²) in [5, 5.41) is 0. The molecule has 0 bridgehead atoms. The summed E-state index contributed by atoms with van der Waals surface area (Å²) in [6.07, 6.45) is 6.36. The van der Waals surface area contributed by atoms with E-state index in [2.05, 4.69) is 0 Å². The molecule has 0 heterocycles. The van der Waals surface area contributed by atoms with Crippen molar-refractivity contribution in [1.29, 1.82) is 0 Å². The predicted octanol–water partition coefficient (Wildman–Crippen LogP) is 3.04. The summed E-state index contributed by atoms with van der Waals surface area (Å²) in [6.45, 7) is 0. The molecule has 1 aromatic rings. The van der Waals surface area contributed by atoms with E-state index >= 15 is 0 Å². The van der Waals surface area contributed by atoms with Gasteiger partial charge in [0.1, 0.15) is 11.6 Å². The van der Waals surface area contributed by atoms with Gasteiger partial charge in [0.15, 0.2) is 0 Å². The highest BCUT2D eigenvalue weighted by atomic mass is 19.1. The Bertz CT molecular complexity index is 386. The van der Waals surface area contributed by atoms with Gasteiger partial charge in [0.25, 0.3) is 0 Å². The van der Waals surface area contributed by atoms with Crippen molar-refractivity contribution in [3.05, 3.63) is 29.6 Å². The number of benzene rings is 1. The fourth-order valence-corrected chi connectivity index (χ4v) is 2.70. The molecule has 0 aromatic heterocycles. The van der Waals surface area contributed by atoms with Gasteiger partial charge >= 0.3 is 0 Å². The molecule has 1 aliphatic rings. The zero-order valence-electron chi connectivity index (χ0n) is 10.3. The molecule has 94 valence electrons. The van der Waals surface area contributed by atoms with E-state index in [4.69, 9.17) is 10.5 Å². The lowest BCUT2D eigenvalue weighted by Gasteiger charge is -2.34. The molecule has 0 radical (unpaired) electrons. The van der Waals surface area contributed by atoms with Crippen LogP contribution in [0, 0.1) is 5.82 Å². The fraction of sp³-hybridized carbons (Fsp3) is 0.571. The first kappa shape index (κ1) is 12.4. The van der Waals surface area contributed by atoms with Gasteiger partial charge in [0.2, 0.25) is 0 Å². The monoisotopic (exact) mass is 237 g/mol. The second-order valence-corrected chi connectivity index (χ2v) is 5.06. The number of nitrogens with two attached hydrogens (primary N) is 1. The predicted molar refractivity (Wildman–Crippen MR) is 66.7 cm³/mol. The number of rotatable bonds is 3. The molecule has 0 atom stereocenters. The van der Waals surface area contributed by atoms with Gasteiger partial charge in [0.05, 0.1) is 7.11 Å². The molecule has 17 heavy (non-hydrogen) atoms. The third kappa shape index (κ3) is 2.97. The molecule has 3 heteroatoms. The Morgan fingerprint density at radius 3 is 2.65 bits per heavy atom. The second kappa shape index (κ2) is 5.05. The summed E-state index contributed by atoms with van der Waals surface area (Å²) in [5.41, 5.74) is 7.09. The summed E-state index contributed by atoms with van der Waals surface area (Å²) in [7, 11) is 1.61. The molecule has 2 nitrogen and oxygen atoms in total. The Morgan fingerprint density at radius 2 is 2.00 bits per heavy atom. The number of methoxy groups -OCH3 is 1. The molecule has 1 saturated carbocycles. The van der Waals surface area contributed by atoms with Crippen molar-refractivity contribution in [2.75, 3.05) is 7.11 Å². The summed E-state index contributed by atoms with van der Waals surface area (Å²) < 4.78 is 18.5. The second-order valence-electron chi connectivity index (χ2n) is 5.06. The Balaban J connectivity index is 2.19. The number of hydrogen-bond donors (Lipinski definition) is 1. The lowest BCUT2D eigenvalue weighted by molar-refractivity contribution is 0.290. The van der Waals surface area contributed by atoms with E-state index in [-0.39, 0.29) is 11.4 Å². The molecule has 2 N–H and O–H groups in total. The van der Waals surface area contributed by atoms with Gasteiger partial charge in [-0.3, -0.25) is 0 Å². The topological polar surface area (TPSA) is 35.2 Å². The minimum absolute atomic E-state index is 0.181. The van der Waals surface area contributed by atoms with E-state index in [1.807, 2.05) is 0 Å². The molecule has 0 unspecified atom stereocenters. The summed E-state index contributed by atoms with van der Waals surface area (Å²) in [5.74, 6) is 0.516. The van der Waals surface area contributed by atoms with Crippen molar-refractivity contribution in [1.82, 2.24) is 0 Å². The third-order valence-corrected chi connectivity index (χ3v) is 3.63. The van der Waals surface area contributed by atoms with E-state index in [0.29, 0.717) is 6.42 Å². The van der Waals surface area contributed by atoms with Crippen LogP contribution in [0.1, 0.15) is 37.7 Å². The summed E-state index contributed by atoms with van der Waals surface area (Å²) in [4.78, 5) is 0. The van der Waals surface area contributed by atoms with Crippen LogP contribution in [0.15, 0.2) is 18.2 Å². The zero-order valence-corrected chi connectivity index (χ0v) is 10.3. The van der Waals surface area contributed by atoms with E-state index in [0.717, 1.165) is 24.2 Å². The molecule has 2 rings (SSSR count). The van der Waals surface area contributed by atoms with Gasteiger partial charge in [-0.2, -0.15) is 0 Å². The van der Waals surface area contributed by atoms with Crippen molar-refractivity contribution < 1.29 is 9.13 Å². The lowest BCUT2D eigenvalue weighted by Crippen LogP contribution is -2.43. The van der Waals surface area contributed by atoms with E-state index in [1.54, 1.807) is 19.2 Å². The smallest absolute Gasteiger partial charge is 0.123 e. The highest BCUT2D eigenvalue weighted by molar-refractivity contribution is 5.35. The Hall–Kier alpha value is -1.09. The van der Waals surface area contributed by atoms with Gasteiger partial charge < -0.3 is 10.5 Å². The van der Waals surface area contributed by atoms with Crippen molar-refractivity contribution >= 4 is 0 Å². The third-order valence-electron chi connectivity index (χ3n) is 3.63. The largest absolute Gasteiger partial charge is 0.496 e. The number of ether oxygens (including phenoxy) is 1. The minimum atomic E-state index is -0.222. The van der Waals surface area contributed by atoms with Crippen LogP contribution in [0.2, 0.25) is 0 Å². The van der Waals surface area contributed by atoms with Crippen molar-refractivity contribution in [2.24, 2.45) is 5.73 Å². The first-order valence-electron chi connectivity index (χ1n) is 6.24. The summed E-state index contributed by atoms with van der Waals surface area (Å²) >= 11 is 0. The van der Waals surface area contributed by atoms with Gasteiger partial charge in [-0.1, -0.05) is 19.3 Å². The van der Waals surface area contributed by atoms with E-state index < -0.39 is 0 Å². The summed E-state index contributed by atoms with van der Waals surface area (Å²) in [6, 6.07) is 4.64. The molecule has 0 amide bonds. The van der Waals surface area contributed by atoms with Gasteiger partial charge in [-0.05, 0) is 43.0 Å². The van der Waals surface area contributed by atoms with Gasteiger partial charge in [-0.25, -0.2) is 4.39 Å². The van der Waals surface area contributed by atoms with Crippen LogP contribution in [-0.2, 0) is 6.42 Å². The van der Waals surface area contributed by atoms with Crippen LogP contribution >= 0.6 is 0 Å². The number of halogens is 1. The van der Waals surface area contributed by atoms with E-state index in [9.17, 15) is 4.39 Å². The Morgan fingerprint density at radius 1 is 1.29 bits per heavy atom. The van der Waals surface area contributed by atoms with Crippen LogP contribution in [0.5, 0.6) is 5.75 Å². The normalized spacial score (nSPS) is 19.0. The molecule has 1 aromatic carbocycles. The molecular formula is C14H20FNO. The zero-order chi connectivity index (χ0) is 12.3. The van der Waals surface area contributed by atoms with Crippen LogP contribution in [0.25, 0.3) is 0 Å². The Kier molecular flexibility index (Phi) is 3.67. The maximum atomic E-state index is 13.3. The molecule has 1 aliphatic carbocycles. The van der Waals surface area contributed by atoms with Crippen molar-refractivity contribution in [2.45, 2.75) is 44.1 Å². The standard InChI is InChI=1S/C14H20FNO/c1-17-13-6-5-12(15)9-11(13)10-14(16)7-3-2-4-8-14/h5-6,9H,2-4,7-8,10,16H2,1H3. The molecule has 0 spiro atoms. The highest BCUT2D eigenvalue weighted by Gasteiger charge is 2.28. The molecule has 0 saturated heterocycles. The average Bonchev–Trinajstić information content (AvgIpc) is 2.29. The first-order valence-corrected chi connectivity index (χ1v) is 6.24. The lowest BCUT2D eigenvalue weighted by atomic mass is 9.78. The van der Waals surface area contributed by atoms with Crippen LogP contribution in [0.4, 0.5) is 4.39 Å². The molecule has 1 fully saturated rings. The van der Waals surface area contributed by atoms with Crippen LogP contribution in [-0.4, -0.2) is 12.6 Å². The maximum Gasteiger partial charge on any atom is 0.123 e. The van der Waals surface area contributed by atoms with Crippen LogP contribution in [0.3, 0.4) is 0 Å². The van der Waals surface area contributed by atoms with Gasteiger partial charge in [-0.15, -0.1) is 0 Å². The average molecular weight is 237 g/mol. The molecular weight excluding hydrogens is 217 g/mol. The Labute approximate surface area is 102 Å². The quantitative estimate of drug-likeness (QED) is 0.877. The number of hydrogen-bond acceptors (Lipinski definition) is 2. The van der Waals surface area contributed by atoms with Crippen LogP contribution < -0.4 is 10.5 Å². The molecule has 0 aliphatic heterocycles. The SMILES string of the molecule is COc1ccc(F)cc1CC1(N)CCCCC1.